The van der Waals surface area contributed by atoms with Crippen LogP contribution >= 0.6 is 0 Å². The Labute approximate surface area is 140 Å². The molecule has 0 spiro atoms. The number of likely N-dealkylation sites (tertiary alicyclic amines) is 1. The molecule has 1 N–H and O–H groups in total. The topological polar surface area (TPSA) is 32.7 Å². The third-order valence-electron chi connectivity index (χ3n) is 4.73. The van der Waals surface area contributed by atoms with Gasteiger partial charge in [-0.05, 0) is 36.6 Å². The van der Waals surface area contributed by atoms with Crippen LogP contribution in [0.15, 0.2) is 36.4 Å². The van der Waals surface area contributed by atoms with Crippen molar-refractivity contribution in [1.82, 2.24) is 4.90 Å². The zero-order valence-corrected chi connectivity index (χ0v) is 13.9. The molecular formula is C19H21F2NO2. The molecule has 0 amide bonds. The van der Waals surface area contributed by atoms with E-state index in [-0.39, 0.29) is 12.1 Å². The first-order valence-corrected chi connectivity index (χ1v) is 7.96. The van der Waals surface area contributed by atoms with E-state index in [1.807, 2.05) is 36.1 Å². The van der Waals surface area contributed by atoms with E-state index in [9.17, 15) is 13.9 Å². The van der Waals surface area contributed by atoms with Crippen molar-refractivity contribution < 1.29 is 18.6 Å². The van der Waals surface area contributed by atoms with E-state index < -0.39 is 17.2 Å². The molecule has 3 nitrogen and oxygen atoms in total. The van der Waals surface area contributed by atoms with Crippen LogP contribution < -0.4 is 4.74 Å². The highest BCUT2D eigenvalue weighted by Crippen LogP contribution is 2.35. The highest BCUT2D eigenvalue weighted by atomic mass is 19.2. The Morgan fingerprint density at radius 3 is 2.67 bits per heavy atom. The maximum absolute atomic E-state index is 14.1. The standard InChI is InChI=1S/C19H21F2NO2/c1-13-5-3-4-6-15(13)19(23)9-10-22(12-19)11-14-17(24-2)8-7-16(20)18(14)21/h3-8,23H,9-12H2,1-2H3. The quantitative estimate of drug-likeness (QED) is 0.931. The lowest BCUT2D eigenvalue weighted by Crippen LogP contribution is -2.31. The van der Waals surface area contributed by atoms with Crippen molar-refractivity contribution in [3.8, 4) is 5.75 Å². The molecule has 1 aliphatic heterocycles. The minimum atomic E-state index is -0.970. The third kappa shape index (κ3) is 3.01. The molecule has 1 aliphatic rings. The Morgan fingerprint density at radius 2 is 1.96 bits per heavy atom. The predicted octanol–water partition coefficient (Wildman–Crippen LogP) is 3.38. The van der Waals surface area contributed by atoms with Gasteiger partial charge in [0.15, 0.2) is 11.6 Å². The van der Waals surface area contributed by atoms with Crippen LogP contribution in [-0.2, 0) is 12.1 Å². The number of rotatable bonds is 4. The number of nitrogens with zero attached hydrogens (tertiary/aromatic N) is 1. The summed E-state index contributed by atoms with van der Waals surface area (Å²) in [5.74, 6) is -1.46. The summed E-state index contributed by atoms with van der Waals surface area (Å²) in [6.07, 6.45) is 0.553. The molecule has 5 heteroatoms. The smallest absolute Gasteiger partial charge is 0.167 e. The molecule has 0 bridgehead atoms. The van der Waals surface area contributed by atoms with Crippen LogP contribution in [0.2, 0.25) is 0 Å². The molecule has 0 aromatic heterocycles. The minimum Gasteiger partial charge on any atom is -0.496 e. The van der Waals surface area contributed by atoms with Gasteiger partial charge in [-0.15, -0.1) is 0 Å². The van der Waals surface area contributed by atoms with Gasteiger partial charge in [0, 0.05) is 25.2 Å². The molecule has 1 saturated heterocycles. The van der Waals surface area contributed by atoms with Gasteiger partial charge in [0.05, 0.1) is 7.11 Å². The van der Waals surface area contributed by atoms with Gasteiger partial charge in [0.25, 0.3) is 0 Å². The zero-order chi connectivity index (χ0) is 17.3. The molecule has 0 saturated carbocycles. The molecule has 24 heavy (non-hydrogen) atoms. The average molecular weight is 333 g/mol. The molecule has 3 rings (SSSR count). The van der Waals surface area contributed by atoms with Crippen molar-refractivity contribution in [2.24, 2.45) is 0 Å². The SMILES string of the molecule is COc1ccc(F)c(F)c1CN1CCC(O)(c2ccccc2C)C1. The predicted molar refractivity (Wildman–Crippen MR) is 87.9 cm³/mol. The zero-order valence-electron chi connectivity index (χ0n) is 13.9. The van der Waals surface area contributed by atoms with E-state index in [2.05, 4.69) is 0 Å². The third-order valence-corrected chi connectivity index (χ3v) is 4.73. The molecule has 1 fully saturated rings. The molecule has 128 valence electrons. The summed E-state index contributed by atoms with van der Waals surface area (Å²) in [5, 5.41) is 11.0. The van der Waals surface area contributed by atoms with Crippen LogP contribution in [0.5, 0.6) is 5.75 Å². The maximum Gasteiger partial charge on any atom is 0.167 e. The highest BCUT2D eigenvalue weighted by Gasteiger charge is 2.38. The van der Waals surface area contributed by atoms with Crippen molar-refractivity contribution in [1.29, 1.82) is 0 Å². The molecule has 2 aromatic rings. The fraction of sp³-hybridized carbons (Fsp3) is 0.368. The van der Waals surface area contributed by atoms with E-state index in [1.165, 1.54) is 13.2 Å². The van der Waals surface area contributed by atoms with Gasteiger partial charge in [0.1, 0.15) is 11.4 Å². The number of β-amino-alcohol motifs (C(OH)–C–C–N with tert-alkyl or cyclic N) is 1. The van der Waals surface area contributed by atoms with Gasteiger partial charge < -0.3 is 9.84 Å². The first-order chi connectivity index (χ1) is 11.4. The molecule has 1 heterocycles. The van der Waals surface area contributed by atoms with Gasteiger partial charge in [-0.25, -0.2) is 8.78 Å². The number of hydrogen-bond donors (Lipinski definition) is 1. The summed E-state index contributed by atoms with van der Waals surface area (Å²) >= 11 is 0. The number of methoxy groups -OCH3 is 1. The summed E-state index contributed by atoms with van der Waals surface area (Å²) < 4.78 is 32.8. The van der Waals surface area contributed by atoms with Crippen molar-refractivity contribution in [3.63, 3.8) is 0 Å². The number of aliphatic hydroxyl groups is 1. The van der Waals surface area contributed by atoms with Crippen molar-refractivity contribution in [2.75, 3.05) is 20.2 Å². The fourth-order valence-electron chi connectivity index (χ4n) is 3.46. The van der Waals surface area contributed by atoms with E-state index in [0.717, 1.165) is 17.2 Å². The van der Waals surface area contributed by atoms with E-state index in [0.29, 0.717) is 25.3 Å². The van der Waals surface area contributed by atoms with E-state index >= 15 is 0 Å². The largest absolute Gasteiger partial charge is 0.496 e. The van der Waals surface area contributed by atoms with Crippen molar-refractivity contribution in [3.05, 3.63) is 64.7 Å². The number of ether oxygens (including phenoxy) is 1. The summed E-state index contributed by atoms with van der Waals surface area (Å²) in [4.78, 5) is 1.92. The first-order valence-electron chi connectivity index (χ1n) is 7.96. The Kier molecular flexibility index (Phi) is 4.56. The van der Waals surface area contributed by atoms with Gasteiger partial charge in [0.2, 0.25) is 0 Å². The summed E-state index contributed by atoms with van der Waals surface area (Å²) in [6.45, 7) is 3.13. The second-order valence-corrected chi connectivity index (χ2v) is 6.35. The summed E-state index contributed by atoms with van der Waals surface area (Å²) in [6, 6.07) is 10.2. The lowest BCUT2D eigenvalue weighted by molar-refractivity contribution is 0.0444. The molecule has 1 unspecified atom stereocenters. The number of aryl methyl sites for hydroxylation is 1. The molecule has 1 atom stereocenters. The van der Waals surface area contributed by atoms with Crippen LogP contribution in [-0.4, -0.2) is 30.2 Å². The van der Waals surface area contributed by atoms with Gasteiger partial charge in [-0.3, -0.25) is 4.90 Å². The number of benzene rings is 2. The van der Waals surface area contributed by atoms with Crippen LogP contribution in [0, 0.1) is 18.6 Å². The normalized spacial score (nSPS) is 21.2. The van der Waals surface area contributed by atoms with Crippen LogP contribution in [0.4, 0.5) is 8.78 Å². The summed E-state index contributed by atoms with van der Waals surface area (Å²) in [5.41, 5.74) is 1.13. The lowest BCUT2D eigenvalue weighted by Gasteiger charge is -2.26. The van der Waals surface area contributed by atoms with Crippen LogP contribution in [0.1, 0.15) is 23.1 Å². The van der Waals surface area contributed by atoms with Gasteiger partial charge in [-0.1, -0.05) is 24.3 Å². The number of hydrogen-bond acceptors (Lipinski definition) is 3. The lowest BCUT2D eigenvalue weighted by atomic mass is 9.89. The minimum absolute atomic E-state index is 0.187. The van der Waals surface area contributed by atoms with Crippen molar-refractivity contribution in [2.45, 2.75) is 25.5 Å². The Hall–Kier alpha value is -1.98. The first kappa shape index (κ1) is 16.9. The van der Waals surface area contributed by atoms with Crippen molar-refractivity contribution >= 4 is 0 Å². The molecule has 2 aromatic carbocycles. The van der Waals surface area contributed by atoms with Crippen LogP contribution in [0.3, 0.4) is 0 Å². The summed E-state index contributed by atoms with van der Waals surface area (Å²) in [7, 11) is 1.43. The maximum atomic E-state index is 14.1. The molecule has 0 aliphatic carbocycles. The second kappa shape index (κ2) is 6.49. The highest BCUT2D eigenvalue weighted by molar-refractivity contribution is 5.36. The van der Waals surface area contributed by atoms with Gasteiger partial charge >= 0.3 is 0 Å². The monoisotopic (exact) mass is 333 g/mol. The molecule has 0 radical (unpaired) electrons. The van der Waals surface area contributed by atoms with E-state index in [1.54, 1.807) is 0 Å². The Bertz CT molecular complexity index is 750. The Morgan fingerprint density at radius 1 is 1.21 bits per heavy atom. The van der Waals surface area contributed by atoms with Crippen LogP contribution in [0.25, 0.3) is 0 Å². The van der Waals surface area contributed by atoms with Gasteiger partial charge in [-0.2, -0.15) is 0 Å². The molecular weight excluding hydrogens is 312 g/mol. The number of halogens is 2. The fourth-order valence-corrected chi connectivity index (χ4v) is 3.46. The van der Waals surface area contributed by atoms with E-state index in [4.69, 9.17) is 4.74 Å². The average Bonchev–Trinajstić information content (AvgIpc) is 2.94. The Balaban J connectivity index is 1.83. The second-order valence-electron chi connectivity index (χ2n) is 6.35.